The van der Waals surface area contributed by atoms with Crippen molar-refractivity contribution in [2.45, 2.75) is 89.6 Å². The quantitative estimate of drug-likeness (QED) is 0.232. The molecule has 216 valence electrons. The molecule has 2 N–H and O–H groups in total. The van der Waals surface area contributed by atoms with Crippen molar-refractivity contribution >= 4 is 24.9 Å². The fraction of sp³-hybridized carbons (Fsp3) is 0.655. The number of hydrogen-bond donors (Lipinski definition) is 2. The molecule has 2 fully saturated rings. The Morgan fingerprint density at radius 1 is 1.27 bits per heavy atom. The van der Waals surface area contributed by atoms with Gasteiger partial charge in [0.25, 0.3) is 0 Å². The number of morpholine rings is 1. The van der Waals surface area contributed by atoms with Crippen LogP contribution in [0.25, 0.3) is 22.3 Å². The molecule has 1 saturated heterocycles. The first-order chi connectivity index (χ1) is 19.3. The third-order valence-electron chi connectivity index (χ3n) is 8.23. The smallest absolute Gasteiger partial charge is 0.157 e. The average molecular weight is 565 g/mol. The Balaban J connectivity index is 1.47. The van der Waals surface area contributed by atoms with Crippen LogP contribution in [0.2, 0.25) is 25.7 Å². The van der Waals surface area contributed by atoms with Gasteiger partial charge in [0.15, 0.2) is 5.82 Å². The maximum absolute atomic E-state index is 9.68. The minimum absolute atomic E-state index is 0.0382. The van der Waals surface area contributed by atoms with Gasteiger partial charge in [-0.1, -0.05) is 32.5 Å². The molecule has 1 aliphatic carbocycles. The average Bonchev–Trinajstić information content (AvgIpc) is 3.70. The molecule has 1 saturated carbocycles. The Morgan fingerprint density at radius 3 is 2.83 bits per heavy atom. The Labute approximate surface area is 238 Å². The third-order valence-corrected chi connectivity index (χ3v) is 9.94. The van der Waals surface area contributed by atoms with Crippen LogP contribution in [0.5, 0.6) is 0 Å². The van der Waals surface area contributed by atoms with E-state index in [1.165, 1.54) is 12.8 Å². The largest absolute Gasteiger partial charge is 0.373 e. The summed E-state index contributed by atoms with van der Waals surface area (Å²) in [7, 11) is -1.15. The molecule has 10 nitrogen and oxygen atoms in total. The van der Waals surface area contributed by atoms with E-state index in [0.717, 1.165) is 66.7 Å². The summed E-state index contributed by atoms with van der Waals surface area (Å²) in [4.78, 5) is 9.37. The molecule has 11 heteroatoms. The molecule has 3 unspecified atom stereocenters. The fourth-order valence-electron chi connectivity index (χ4n) is 5.83. The summed E-state index contributed by atoms with van der Waals surface area (Å²) in [6.07, 6.45) is 10.9. The molecule has 0 aromatic carbocycles. The first-order valence-corrected chi connectivity index (χ1v) is 18.5. The van der Waals surface area contributed by atoms with E-state index in [1.54, 1.807) is 6.33 Å². The topological polar surface area (TPSA) is 115 Å². The van der Waals surface area contributed by atoms with E-state index in [2.05, 4.69) is 60.5 Å². The number of nitriles is 1. The van der Waals surface area contributed by atoms with E-state index >= 15 is 0 Å². The summed E-state index contributed by atoms with van der Waals surface area (Å²) in [5.74, 6) is 1.23. The molecular weight excluding hydrogens is 520 g/mol. The van der Waals surface area contributed by atoms with Gasteiger partial charge < -0.3 is 24.7 Å². The summed E-state index contributed by atoms with van der Waals surface area (Å²) in [5, 5.41) is 22.8. The lowest BCUT2D eigenvalue weighted by Crippen LogP contribution is -2.46. The van der Waals surface area contributed by atoms with Crippen molar-refractivity contribution in [3.63, 3.8) is 0 Å². The van der Waals surface area contributed by atoms with Gasteiger partial charge in [0.05, 0.1) is 48.5 Å². The van der Waals surface area contributed by atoms with Gasteiger partial charge in [-0.3, -0.25) is 4.68 Å². The van der Waals surface area contributed by atoms with Crippen molar-refractivity contribution in [2.24, 2.45) is 5.92 Å². The normalized spacial score (nSPS) is 20.0. The van der Waals surface area contributed by atoms with Gasteiger partial charge in [0.1, 0.15) is 18.7 Å². The van der Waals surface area contributed by atoms with Crippen molar-refractivity contribution in [1.29, 1.82) is 5.26 Å². The zero-order valence-corrected chi connectivity index (χ0v) is 25.4. The van der Waals surface area contributed by atoms with Gasteiger partial charge in [-0.05, 0) is 37.8 Å². The molecule has 3 aromatic rings. The van der Waals surface area contributed by atoms with Crippen LogP contribution in [-0.4, -0.2) is 70.8 Å². The SMILES string of the molecule is CC(Nc1nn(C(CC#N)C2CCCC2)cc1-c1ncnc2c1ccn2COCC[Si](C)(C)C)C1CNCCO1. The molecule has 5 rings (SSSR count). The summed E-state index contributed by atoms with van der Waals surface area (Å²) in [5.41, 5.74) is 2.59. The van der Waals surface area contributed by atoms with Crippen molar-refractivity contribution in [3.8, 4) is 17.3 Å². The second-order valence-corrected chi connectivity index (χ2v) is 18.1. The molecule has 0 spiro atoms. The van der Waals surface area contributed by atoms with E-state index in [-0.39, 0.29) is 18.2 Å². The molecule has 0 radical (unpaired) electrons. The summed E-state index contributed by atoms with van der Waals surface area (Å²) >= 11 is 0. The Morgan fingerprint density at radius 2 is 2.10 bits per heavy atom. The summed E-state index contributed by atoms with van der Waals surface area (Å²) in [6, 6.07) is 5.70. The maximum Gasteiger partial charge on any atom is 0.157 e. The van der Waals surface area contributed by atoms with E-state index in [0.29, 0.717) is 25.7 Å². The highest BCUT2D eigenvalue weighted by Crippen LogP contribution is 2.39. The maximum atomic E-state index is 9.68. The number of hydrogen-bond acceptors (Lipinski definition) is 8. The predicted octanol–water partition coefficient (Wildman–Crippen LogP) is 5.04. The lowest BCUT2D eigenvalue weighted by molar-refractivity contribution is 0.0201. The summed E-state index contributed by atoms with van der Waals surface area (Å²) < 4.78 is 16.1. The number of rotatable bonds is 12. The number of ether oxygens (including phenoxy) is 2. The lowest BCUT2D eigenvalue weighted by atomic mass is 9.96. The zero-order chi connectivity index (χ0) is 28.1. The van der Waals surface area contributed by atoms with Gasteiger partial charge in [-0.25, -0.2) is 9.97 Å². The number of aromatic nitrogens is 5. The highest BCUT2D eigenvalue weighted by Gasteiger charge is 2.30. The molecule has 4 heterocycles. The Bertz CT molecular complexity index is 1300. The van der Waals surface area contributed by atoms with Gasteiger partial charge in [0.2, 0.25) is 0 Å². The van der Waals surface area contributed by atoms with Gasteiger partial charge in [0, 0.05) is 45.6 Å². The van der Waals surface area contributed by atoms with Crippen LogP contribution in [0.1, 0.15) is 45.1 Å². The van der Waals surface area contributed by atoms with Crippen molar-refractivity contribution < 1.29 is 9.47 Å². The zero-order valence-electron chi connectivity index (χ0n) is 24.4. The first-order valence-electron chi connectivity index (χ1n) is 14.8. The van der Waals surface area contributed by atoms with Gasteiger partial charge >= 0.3 is 0 Å². The van der Waals surface area contributed by atoms with Crippen molar-refractivity contribution in [1.82, 2.24) is 29.6 Å². The first kappa shape index (κ1) is 28.7. The lowest BCUT2D eigenvalue weighted by Gasteiger charge is -2.29. The number of anilines is 1. The highest BCUT2D eigenvalue weighted by molar-refractivity contribution is 6.76. The van der Waals surface area contributed by atoms with Crippen LogP contribution in [0, 0.1) is 17.2 Å². The number of nitrogens with zero attached hydrogens (tertiary/aromatic N) is 6. The minimum atomic E-state index is -1.15. The van der Waals surface area contributed by atoms with Crippen LogP contribution in [-0.2, 0) is 16.2 Å². The van der Waals surface area contributed by atoms with Crippen LogP contribution >= 0.6 is 0 Å². The molecule has 0 bridgehead atoms. The highest BCUT2D eigenvalue weighted by atomic mass is 28.3. The van der Waals surface area contributed by atoms with Crippen molar-refractivity contribution in [2.75, 3.05) is 31.6 Å². The predicted molar refractivity (Wildman–Crippen MR) is 160 cm³/mol. The van der Waals surface area contributed by atoms with Crippen LogP contribution in [0.3, 0.4) is 0 Å². The van der Waals surface area contributed by atoms with E-state index in [1.807, 2.05) is 15.4 Å². The molecule has 3 atom stereocenters. The second kappa shape index (κ2) is 12.8. The minimum Gasteiger partial charge on any atom is -0.373 e. The standard InChI is InChI=1S/C29H44N8O2Si/c1-21(26-17-31-12-14-39-26)34-28-24(18-37(35-28)25(9-11-30)22-7-5-6-8-22)27-23-10-13-36(29(23)33-19-32-27)20-38-15-16-40(2,3)4/h10,13,18-19,21-22,25-26,31H,5-9,12,14-17,20H2,1-4H3,(H,34,35). The fourth-order valence-corrected chi connectivity index (χ4v) is 6.59. The van der Waals surface area contributed by atoms with Gasteiger partial charge in [-0.2, -0.15) is 10.4 Å². The molecule has 2 aliphatic rings. The van der Waals surface area contributed by atoms with Crippen LogP contribution < -0.4 is 10.6 Å². The monoisotopic (exact) mass is 564 g/mol. The number of nitrogens with one attached hydrogen (secondary N) is 2. The van der Waals surface area contributed by atoms with Crippen LogP contribution in [0.4, 0.5) is 5.82 Å². The summed E-state index contributed by atoms with van der Waals surface area (Å²) in [6.45, 7) is 12.8. The Kier molecular flexibility index (Phi) is 9.20. The van der Waals surface area contributed by atoms with Crippen LogP contribution in [0.15, 0.2) is 24.8 Å². The molecular formula is C29H44N8O2Si. The molecule has 0 amide bonds. The van der Waals surface area contributed by atoms with Gasteiger partial charge in [-0.15, -0.1) is 0 Å². The molecule has 1 aliphatic heterocycles. The molecule has 40 heavy (non-hydrogen) atoms. The molecule has 3 aromatic heterocycles. The second-order valence-electron chi connectivity index (χ2n) is 12.5. The van der Waals surface area contributed by atoms with E-state index in [9.17, 15) is 5.26 Å². The van der Waals surface area contributed by atoms with Crippen molar-refractivity contribution in [3.05, 3.63) is 24.8 Å². The Hall–Kier alpha value is -2.78. The van der Waals surface area contributed by atoms with E-state index < -0.39 is 8.07 Å². The van der Waals surface area contributed by atoms with E-state index in [4.69, 9.17) is 19.6 Å². The third kappa shape index (κ3) is 6.74. The number of fused-ring (bicyclic) bond motifs is 1.